The summed E-state index contributed by atoms with van der Waals surface area (Å²) in [5.41, 5.74) is 0. The van der Waals surface area contributed by atoms with E-state index in [1.807, 2.05) is 21.6 Å². The molecular weight excluding hydrogens is 252 g/mol. The Balaban J connectivity index is 0.000000325. The molecule has 0 aromatic carbocycles. The molecule has 1 rings (SSSR count). The molecule has 1 aliphatic heterocycles. The average molecular weight is 268 g/mol. The Kier molecular flexibility index (Phi) is 7.56. The smallest absolute Gasteiger partial charge is 0.414 e. The lowest BCUT2D eigenvalue weighted by Crippen LogP contribution is -2.42. The molecule has 0 unspecified atom stereocenters. The third kappa shape index (κ3) is 6.21. The Labute approximate surface area is 102 Å². The van der Waals surface area contributed by atoms with Gasteiger partial charge in [0.25, 0.3) is 0 Å². The molecule has 2 N–H and O–H groups in total. The first-order chi connectivity index (χ1) is 7.36. The van der Waals surface area contributed by atoms with Crippen LogP contribution in [-0.4, -0.2) is 70.9 Å². The molecule has 0 aromatic rings. The predicted octanol–water partition coefficient (Wildman–Crippen LogP) is 0.314. The van der Waals surface area contributed by atoms with Crippen LogP contribution in [0.15, 0.2) is 0 Å². The Hall–Kier alpha value is -0.440. The van der Waals surface area contributed by atoms with Crippen molar-refractivity contribution in [3.8, 4) is 0 Å². The van der Waals surface area contributed by atoms with Gasteiger partial charge in [-0.1, -0.05) is 21.6 Å². The largest absolute Gasteiger partial charge is 0.473 e. The van der Waals surface area contributed by atoms with Gasteiger partial charge < -0.3 is 10.2 Å². The van der Waals surface area contributed by atoms with E-state index in [0.717, 1.165) is 6.04 Å². The van der Waals surface area contributed by atoms with Crippen molar-refractivity contribution in [3.63, 3.8) is 0 Å². The SMILES string of the molecule is CN(C)N(C)C1CSSC1.O=C(O)C(=O)O. The number of hydrazine groups is 1. The molecule has 0 aliphatic carbocycles. The fourth-order valence-corrected chi connectivity index (χ4v) is 3.69. The van der Waals surface area contributed by atoms with Crippen LogP contribution in [0.3, 0.4) is 0 Å². The van der Waals surface area contributed by atoms with Gasteiger partial charge in [0.1, 0.15) is 0 Å². The molecule has 0 atom stereocenters. The highest BCUT2D eigenvalue weighted by Gasteiger charge is 2.21. The molecule has 94 valence electrons. The summed E-state index contributed by atoms with van der Waals surface area (Å²) in [4.78, 5) is 18.2. The van der Waals surface area contributed by atoms with E-state index in [1.54, 1.807) is 0 Å². The number of aliphatic carboxylic acids is 2. The molecule has 0 amide bonds. The van der Waals surface area contributed by atoms with Crippen molar-refractivity contribution in [2.24, 2.45) is 0 Å². The molecule has 0 radical (unpaired) electrons. The minimum Gasteiger partial charge on any atom is -0.473 e. The topological polar surface area (TPSA) is 81.1 Å². The zero-order chi connectivity index (χ0) is 12.7. The van der Waals surface area contributed by atoms with E-state index in [0.29, 0.717) is 0 Å². The number of hydrogen-bond donors (Lipinski definition) is 2. The molecular formula is C8H16N2O4S2. The molecule has 1 fully saturated rings. The number of hydrogen-bond acceptors (Lipinski definition) is 6. The molecule has 0 saturated carbocycles. The number of carboxylic acid groups (broad SMARTS) is 2. The van der Waals surface area contributed by atoms with Gasteiger partial charge in [-0.2, -0.15) is 0 Å². The summed E-state index contributed by atoms with van der Waals surface area (Å²) in [5, 5.41) is 19.2. The van der Waals surface area contributed by atoms with E-state index in [2.05, 4.69) is 31.2 Å². The van der Waals surface area contributed by atoms with E-state index in [4.69, 9.17) is 19.8 Å². The molecule has 0 bridgehead atoms. The van der Waals surface area contributed by atoms with Crippen LogP contribution in [0, 0.1) is 0 Å². The highest BCUT2D eigenvalue weighted by Crippen LogP contribution is 2.32. The lowest BCUT2D eigenvalue weighted by molar-refractivity contribution is -0.159. The van der Waals surface area contributed by atoms with E-state index in [1.165, 1.54) is 11.5 Å². The molecule has 1 aliphatic rings. The van der Waals surface area contributed by atoms with Crippen molar-refractivity contribution in [2.75, 3.05) is 32.6 Å². The van der Waals surface area contributed by atoms with E-state index in [9.17, 15) is 0 Å². The van der Waals surface area contributed by atoms with E-state index >= 15 is 0 Å². The lowest BCUT2D eigenvalue weighted by atomic mass is 10.4. The Morgan fingerprint density at radius 2 is 1.44 bits per heavy atom. The molecule has 0 aromatic heterocycles. The van der Waals surface area contributed by atoms with Crippen molar-refractivity contribution in [1.29, 1.82) is 0 Å². The minimum absolute atomic E-state index is 0.741. The molecule has 1 saturated heterocycles. The maximum Gasteiger partial charge on any atom is 0.414 e. The molecule has 16 heavy (non-hydrogen) atoms. The van der Waals surface area contributed by atoms with Crippen LogP contribution in [0.2, 0.25) is 0 Å². The fourth-order valence-electron chi connectivity index (χ4n) is 0.844. The number of carboxylic acids is 2. The summed E-state index contributed by atoms with van der Waals surface area (Å²) >= 11 is 0. The van der Waals surface area contributed by atoms with Crippen LogP contribution in [-0.2, 0) is 9.59 Å². The zero-order valence-electron chi connectivity index (χ0n) is 9.41. The van der Waals surface area contributed by atoms with Crippen molar-refractivity contribution < 1.29 is 19.8 Å². The van der Waals surface area contributed by atoms with Gasteiger partial charge in [-0.05, 0) is 0 Å². The van der Waals surface area contributed by atoms with Crippen LogP contribution in [0.25, 0.3) is 0 Å². The summed E-state index contributed by atoms with van der Waals surface area (Å²) in [7, 11) is 10.3. The summed E-state index contributed by atoms with van der Waals surface area (Å²) in [6.07, 6.45) is 0. The van der Waals surface area contributed by atoms with Crippen molar-refractivity contribution in [2.45, 2.75) is 6.04 Å². The first-order valence-corrected chi connectivity index (χ1v) is 6.95. The molecule has 6 nitrogen and oxygen atoms in total. The second kappa shape index (κ2) is 7.77. The van der Waals surface area contributed by atoms with Crippen LogP contribution < -0.4 is 0 Å². The quantitative estimate of drug-likeness (QED) is 0.421. The third-order valence-electron chi connectivity index (χ3n) is 1.95. The van der Waals surface area contributed by atoms with Crippen molar-refractivity contribution in [1.82, 2.24) is 10.0 Å². The molecule has 0 spiro atoms. The first kappa shape index (κ1) is 15.6. The van der Waals surface area contributed by atoms with Gasteiger partial charge in [-0.25, -0.2) is 19.6 Å². The summed E-state index contributed by atoms with van der Waals surface area (Å²) < 4.78 is 0. The minimum atomic E-state index is -1.82. The number of carbonyl (C=O) groups is 2. The highest BCUT2D eigenvalue weighted by atomic mass is 33.1. The van der Waals surface area contributed by atoms with Crippen molar-refractivity contribution >= 4 is 33.5 Å². The van der Waals surface area contributed by atoms with Gasteiger partial charge in [-0.15, -0.1) is 0 Å². The van der Waals surface area contributed by atoms with Crippen molar-refractivity contribution in [3.05, 3.63) is 0 Å². The molecule has 1 heterocycles. The third-order valence-corrected chi connectivity index (χ3v) is 4.47. The van der Waals surface area contributed by atoms with Gasteiger partial charge in [0.2, 0.25) is 0 Å². The Morgan fingerprint density at radius 1 is 1.06 bits per heavy atom. The summed E-state index contributed by atoms with van der Waals surface area (Å²) in [6, 6.07) is 0.741. The Morgan fingerprint density at radius 3 is 1.69 bits per heavy atom. The highest BCUT2D eigenvalue weighted by molar-refractivity contribution is 8.77. The van der Waals surface area contributed by atoms with Gasteiger partial charge in [0, 0.05) is 38.7 Å². The zero-order valence-corrected chi connectivity index (χ0v) is 11.0. The van der Waals surface area contributed by atoms with Gasteiger partial charge >= 0.3 is 11.9 Å². The second-order valence-electron chi connectivity index (χ2n) is 3.25. The maximum absolute atomic E-state index is 9.10. The lowest BCUT2D eigenvalue weighted by Gasteiger charge is -2.29. The Bertz CT molecular complexity index is 232. The maximum atomic E-state index is 9.10. The van der Waals surface area contributed by atoms with E-state index < -0.39 is 11.9 Å². The monoisotopic (exact) mass is 268 g/mol. The number of rotatable bonds is 2. The van der Waals surface area contributed by atoms with Crippen LogP contribution in [0.5, 0.6) is 0 Å². The average Bonchev–Trinajstić information content (AvgIpc) is 2.69. The standard InChI is InChI=1S/C6H14N2S2.C2H2O4/c1-7(2)8(3)6-4-9-10-5-6;3-1(4)2(5)6/h6H,4-5H2,1-3H3;(H,3,4)(H,5,6). The molecule has 8 heteroatoms. The summed E-state index contributed by atoms with van der Waals surface area (Å²) in [6.45, 7) is 0. The van der Waals surface area contributed by atoms with Crippen LogP contribution in [0.1, 0.15) is 0 Å². The number of nitrogens with zero attached hydrogens (tertiary/aromatic N) is 2. The van der Waals surface area contributed by atoms with Crippen LogP contribution in [0.4, 0.5) is 0 Å². The van der Waals surface area contributed by atoms with Gasteiger partial charge in [0.15, 0.2) is 0 Å². The first-order valence-electron chi connectivity index (χ1n) is 4.47. The van der Waals surface area contributed by atoms with Gasteiger partial charge in [-0.3, -0.25) is 0 Å². The van der Waals surface area contributed by atoms with E-state index in [-0.39, 0.29) is 0 Å². The second-order valence-corrected chi connectivity index (χ2v) is 5.81. The summed E-state index contributed by atoms with van der Waals surface area (Å²) in [5.74, 6) is -1.12. The normalized spacial score (nSPS) is 16.1. The van der Waals surface area contributed by atoms with Crippen LogP contribution >= 0.6 is 21.6 Å². The van der Waals surface area contributed by atoms with Gasteiger partial charge in [0.05, 0.1) is 0 Å². The predicted molar refractivity (Wildman–Crippen MR) is 65.4 cm³/mol. The fraction of sp³-hybridized carbons (Fsp3) is 0.750.